The van der Waals surface area contributed by atoms with Crippen molar-refractivity contribution < 1.29 is 33.0 Å². The Morgan fingerprint density at radius 2 is 1.89 bits per heavy atom. The molecular weight excluding hydrogens is 477 g/mol. The van der Waals surface area contributed by atoms with Crippen LogP contribution in [0.2, 0.25) is 0 Å². The van der Waals surface area contributed by atoms with E-state index in [4.69, 9.17) is 14.2 Å². The first-order valence-electron chi connectivity index (χ1n) is 10.4. The molecule has 2 N–H and O–H groups in total. The van der Waals surface area contributed by atoms with Crippen LogP contribution < -0.4 is 20.1 Å². The van der Waals surface area contributed by atoms with Gasteiger partial charge in [-0.3, -0.25) is 9.59 Å². The summed E-state index contributed by atoms with van der Waals surface area (Å²) in [4.78, 5) is 41.1. The maximum absolute atomic E-state index is 13.9. The molecule has 35 heavy (non-hydrogen) atoms. The average Bonchev–Trinajstić information content (AvgIpc) is 3.31. The summed E-state index contributed by atoms with van der Waals surface area (Å²) in [6.45, 7) is 1.24. The van der Waals surface area contributed by atoms with Gasteiger partial charge >= 0.3 is 5.97 Å². The standard InChI is InChI=1S/C24H20FN3O6S/c1-14-4-6-18(17(25)9-14)28-21(29)11-32-24(31)16-3-2-8-26-23(16)35-12-22(30)27-15-5-7-19-20(10-15)34-13-33-19/h2-10H,11-13H2,1H3,(H,27,30)(H,28,29). The largest absolute Gasteiger partial charge is 0.454 e. The van der Waals surface area contributed by atoms with Crippen molar-refractivity contribution in [3.63, 3.8) is 0 Å². The number of nitrogens with one attached hydrogen (secondary N) is 2. The third-order valence-electron chi connectivity index (χ3n) is 4.72. The van der Waals surface area contributed by atoms with Crippen molar-refractivity contribution >= 4 is 40.9 Å². The van der Waals surface area contributed by atoms with Gasteiger partial charge in [0.15, 0.2) is 18.1 Å². The Morgan fingerprint density at radius 1 is 1.06 bits per heavy atom. The van der Waals surface area contributed by atoms with E-state index in [2.05, 4.69) is 15.6 Å². The zero-order chi connectivity index (χ0) is 24.8. The molecule has 0 unspecified atom stereocenters. The fraction of sp³-hybridized carbons (Fsp3) is 0.167. The second-order valence-corrected chi connectivity index (χ2v) is 8.33. The number of ether oxygens (including phenoxy) is 3. The number of esters is 1. The number of nitrogens with zero attached hydrogens (tertiary/aromatic N) is 1. The molecule has 2 amide bonds. The predicted octanol–water partition coefficient (Wildman–Crippen LogP) is 3.78. The molecule has 0 aliphatic carbocycles. The topological polar surface area (TPSA) is 116 Å². The first kappa shape index (κ1) is 24.0. The van der Waals surface area contributed by atoms with Gasteiger partial charge in [0.2, 0.25) is 12.7 Å². The zero-order valence-corrected chi connectivity index (χ0v) is 19.3. The minimum atomic E-state index is -0.795. The molecule has 9 nitrogen and oxygen atoms in total. The lowest BCUT2D eigenvalue weighted by molar-refractivity contribution is -0.119. The third kappa shape index (κ3) is 6.27. The lowest BCUT2D eigenvalue weighted by Gasteiger charge is -2.10. The maximum Gasteiger partial charge on any atom is 0.341 e. The lowest BCUT2D eigenvalue weighted by Crippen LogP contribution is -2.22. The van der Waals surface area contributed by atoms with Gasteiger partial charge in [-0.05, 0) is 48.9 Å². The molecule has 1 aliphatic rings. The van der Waals surface area contributed by atoms with Crippen LogP contribution in [0.4, 0.5) is 15.8 Å². The Morgan fingerprint density at radius 3 is 2.71 bits per heavy atom. The van der Waals surface area contributed by atoms with Crippen LogP contribution in [-0.2, 0) is 14.3 Å². The smallest absolute Gasteiger partial charge is 0.341 e. The van der Waals surface area contributed by atoms with Gasteiger partial charge in [0.25, 0.3) is 5.91 Å². The molecule has 0 bridgehead atoms. The molecule has 2 heterocycles. The number of halogens is 1. The van der Waals surface area contributed by atoms with Crippen LogP contribution >= 0.6 is 11.8 Å². The van der Waals surface area contributed by atoms with E-state index in [9.17, 15) is 18.8 Å². The van der Waals surface area contributed by atoms with Gasteiger partial charge in [-0.25, -0.2) is 14.2 Å². The number of thioether (sulfide) groups is 1. The van der Waals surface area contributed by atoms with Gasteiger partial charge in [-0.2, -0.15) is 0 Å². The van der Waals surface area contributed by atoms with Crippen LogP contribution in [0.15, 0.2) is 59.8 Å². The number of fused-ring (bicyclic) bond motifs is 1. The Hall–Kier alpha value is -4.12. The molecule has 1 aliphatic heterocycles. The van der Waals surface area contributed by atoms with Crippen molar-refractivity contribution in [3.8, 4) is 11.5 Å². The second-order valence-electron chi connectivity index (χ2n) is 7.37. The van der Waals surface area contributed by atoms with E-state index in [1.54, 1.807) is 31.2 Å². The van der Waals surface area contributed by atoms with Crippen LogP contribution in [0.5, 0.6) is 11.5 Å². The van der Waals surface area contributed by atoms with E-state index >= 15 is 0 Å². The number of carbonyl (C=O) groups excluding carboxylic acids is 3. The van der Waals surface area contributed by atoms with Gasteiger partial charge in [-0.1, -0.05) is 17.8 Å². The van der Waals surface area contributed by atoms with E-state index < -0.39 is 24.3 Å². The normalized spacial score (nSPS) is 11.6. The van der Waals surface area contributed by atoms with Crippen molar-refractivity contribution in [2.75, 3.05) is 29.8 Å². The van der Waals surface area contributed by atoms with Crippen molar-refractivity contribution in [1.82, 2.24) is 4.98 Å². The van der Waals surface area contributed by atoms with Gasteiger partial charge in [-0.15, -0.1) is 0 Å². The number of hydrogen-bond acceptors (Lipinski definition) is 8. The summed E-state index contributed by atoms with van der Waals surface area (Å²) in [6, 6.07) is 12.4. The van der Waals surface area contributed by atoms with Gasteiger partial charge in [0, 0.05) is 18.0 Å². The Bertz CT molecular complexity index is 1290. The number of benzene rings is 2. The number of rotatable bonds is 8. The number of carbonyl (C=O) groups is 3. The molecule has 4 rings (SSSR count). The highest BCUT2D eigenvalue weighted by atomic mass is 32.2. The highest BCUT2D eigenvalue weighted by Crippen LogP contribution is 2.34. The minimum absolute atomic E-state index is 0.0113. The summed E-state index contributed by atoms with van der Waals surface area (Å²) >= 11 is 1.04. The van der Waals surface area contributed by atoms with E-state index in [-0.39, 0.29) is 34.7 Å². The molecule has 0 radical (unpaired) electrons. The van der Waals surface area contributed by atoms with E-state index in [1.807, 2.05) is 0 Å². The number of hydrogen-bond donors (Lipinski definition) is 2. The first-order chi connectivity index (χ1) is 16.9. The lowest BCUT2D eigenvalue weighted by atomic mass is 10.2. The number of anilines is 2. The van der Waals surface area contributed by atoms with Crippen molar-refractivity contribution in [2.24, 2.45) is 0 Å². The highest BCUT2D eigenvalue weighted by molar-refractivity contribution is 8.00. The second kappa shape index (κ2) is 10.9. The van der Waals surface area contributed by atoms with Crippen LogP contribution in [0.3, 0.4) is 0 Å². The molecule has 0 saturated carbocycles. The molecule has 2 aromatic carbocycles. The molecule has 180 valence electrons. The average molecular weight is 498 g/mol. The van der Waals surface area contributed by atoms with Crippen LogP contribution in [-0.4, -0.2) is 41.9 Å². The summed E-state index contributed by atoms with van der Waals surface area (Å²) in [7, 11) is 0. The minimum Gasteiger partial charge on any atom is -0.454 e. The monoisotopic (exact) mass is 497 g/mol. The molecular formula is C24H20FN3O6S. The molecule has 11 heteroatoms. The third-order valence-corrected chi connectivity index (χ3v) is 5.73. The van der Waals surface area contributed by atoms with Crippen molar-refractivity contribution in [2.45, 2.75) is 11.9 Å². The van der Waals surface area contributed by atoms with E-state index in [0.717, 1.165) is 11.8 Å². The summed E-state index contributed by atoms with van der Waals surface area (Å²) in [5, 5.41) is 5.36. The number of amides is 2. The predicted molar refractivity (Wildman–Crippen MR) is 126 cm³/mol. The van der Waals surface area contributed by atoms with Crippen molar-refractivity contribution in [3.05, 3.63) is 71.7 Å². The van der Waals surface area contributed by atoms with Gasteiger partial charge < -0.3 is 24.8 Å². The molecule has 0 saturated heterocycles. The van der Waals surface area contributed by atoms with E-state index in [0.29, 0.717) is 22.7 Å². The van der Waals surface area contributed by atoms with Crippen molar-refractivity contribution in [1.29, 1.82) is 0 Å². The van der Waals surface area contributed by atoms with E-state index in [1.165, 1.54) is 30.5 Å². The Labute approximate surface area is 204 Å². The highest BCUT2D eigenvalue weighted by Gasteiger charge is 2.18. The summed E-state index contributed by atoms with van der Waals surface area (Å²) in [6.07, 6.45) is 1.47. The van der Waals surface area contributed by atoms with Crippen LogP contribution in [0, 0.1) is 12.7 Å². The fourth-order valence-corrected chi connectivity index (χ4v) is 3.87. The first-order valence-corrected chi connectivity index (χ1v) is 11.4. The molecule has 0 atom stereocenters. The van der Waals surface area contributed by atoms with Crippen LogP contribution in [0.25, 0.3) is 0 Å². The Kier molecular flexibility index (Phi) is 7.46. The fourth-order valence-electron chi connectivity index (χ4n) is 3.08. The molecule has 1 aromatic heterocycles. The van der Waals surface area contributed by atoms with Gasteiger partial charge in [0.1, 0.15) is 10.8 Å². The maximum atomic E-state index is 13.9. The summed E-state index contributed by atoms with van der Waals surface area (Å²) < 4.78 is 29.5. The SMILES string of the molecule is Cc1ccc(NC(=O)COC(=O)c2cccnc2SCC(=O)Nc2ccc3c(c2)OCO3)c(F)c1. The Balaban J connectivity index is 1.30. The number of pyridine rings is 1. The van der Waals surface area contributed by atoms with Crippen LogP contribution in [0.1, 0.15) is 15.9 Å². The molecule has 0 fully saturated rings. The zero-order valence-electron chi connectivity index (χ0n) is 18.5. The molecule has 3 aromatic rings. The molecule has 0 spiro atoms. The quantitative estimate of drug-likeness (QED) is 0.357. The number of aryl methyl sites for hydroxylation is 1. The summed E-state index contributed by atoms with van der Waals surface area (Å²) in [5.41, 5.74) is 1.33. The van der Waals surface area contributed by atoms with Gasteiger partial charge in [0.05, 0.1) is 17.0 Å². The summed E-state index contributed by atoms with van der Waals surface area (Å²) in [5.74, 6) is -1.28. The number of aromatic nitrogens is 1.